The highest BCUT2D eigenvalue weighted by Crippen LogP contribution is 2.33. The molecular formula is C23H23N3O. The topological polar surface area (TPSA) is 45.2 Å². The van der Waals surface area contributed by atoms with Gasteiger partial charge in [0.1, 0.15) is 0 Å². The molecule has 4 nitrogen and oxygen atoms in total. The number of nitrogens with zero attached hydrogens (tertiary/aromatic N) is 2. The molecule has 1 aliphatic rings. The Hall–Kier alpha value is -3.14. The molecule has 4 rings (SSSR count). The molecule has 0 unspecified atom stereocenters. The fourth-order valence-corrected chi connectivity index (χ4v) is 3.58. The second kappa shape index (κ2) is 7.23. The first-order valence-corrected chi connectivity index (χ1v) is 9.31. The van der Waals surface area contributed by atoms with Crippen LogP contribution >= 0.6 is 0 Å². The molecule has 0 atom stereocenters. The normalized spacial score (nSPS) is 13.2. The zero-order chi connectivity index (χ0) is 18.8. The van der Waals surface area contributed by atoms with Gasteiger partial charge in [-0.05, 0) is 61.6 Å². The molecule has 0 saturated carbocycles. The third-order valence-corrected chi connectivity index (χ3v) is 5.26. The first-order valence-electron chi connectivity index (χ1n) is 9.31. The standard InChI is InChI=1S/C23H23N3O/c1-16-7-5-10-21(17(16)2)25-23(27)19-13-20(15-24-14-19)26-12-6-9-18-8-3-4-11-22(18)26/h3-5,7-8,10-11,13-15H,6,9,12H2,1-2H3,(H,25,27). The number of fused-ring (bicyclic) bond motifs is 1. The highest BCUT2D eigenvalue weighted by atomic mass is 16.1. The van der Waals surface area contributed by atoms with Crippen LogP contribution in [0.4, 0.5) is 17.1 Å². The number of rotatable bonds is 3. The van der Waals surface area contributed by atoms with Crippen LogP contribution < -0.4 is 10.2 Å². The lowest BCUT2D eigenvalue weighted by atomic mass is 10.0. The van der Waals surface area contributed by atoms with Crippen LogP contribution in [0.15, 0.2) is 60.9 Å². The lowest BCUT2D eigenvalue weighted by Crippen LogP contribution is -2.25. The molecule has 136 valence electrons. The Labute approximate surface area is 159 Å². The van der Waals surface area contributed by atoms with Gasteiger partial charge in [-0.1, -0.05) is 30.3 Å². The van der Waals surface area contributed by atoms with Crippen LogP contribution in [0.1, 0.15) is 33.5 Å². The van der Waals surface area contributed by atoms with Crippen LogP contribution in [0.25, 0.3) is 0 Å². The van der Waals surface area contributed by atoms with E-state index in [1.165, 1.54) is 11.3 Å². The molecule has 3 aromatic rings. The summed E-state index contributed by atoms with van der Waals surface area (Å²) in [6, 6.07) is 16.3. The smallest absolute Gasteiger partial charge is 0.257 e. The van der Waals surface area contributed by atoms with Gasteiger partial charge in [-0.3, -0.25) is 9.78 Å². The van der Waals surface area contributed by atoms with Gasteiger partial charge in [0.05, 0.1) is 17.4 Å². The fourth-order valence-electron chi connectivity index (χ4n) is 3.58. The summed E-state index contributed by atoms with van der Waals surface area (Å²) in [6.07, 6.45) is 5.64. The van der Waals surface area contributed by atoms with Crippen LogP contribution in [0.2, 0.25) is 0 Å². The molecule has 1 aromatic heterocycles. The number of amides is 1. The Kier molecular flexibility index (Phi) is 4.63. The van der Waals surface area contributed by atoms with Gasteiger partial charge in [-0.25, -0.2) is 0 Å². The predicted molar refractivity (Wildman–Crippen MR) is 110 cm³/mol. The summed E-state index contributed by atoms with van der Waals surface area (Å²) >= 11 is 0. The van der Waals surface area contributed by atoms with Crippen molar-refractivity contribution in [2.75, 3.05) is 16.8 Å². The van der Waals surface area contributed by atoms with Crippen molar-refractivity contribution in [1.29, 1.82) is 0 Å². The minimum absolute atomic E-state index is 0.136. The van der Waals surface area contributed by atoms with Crippen molar-refractivity contribution in [3.8, 4) is 0 Å². The fraction of sp³-hybridized carbons (Fsp3) is 0.217. The maximum atomic E-state index is 12.8. The van der Waals surface area contributed by atoms with E-state index in [1.54, 1.807) is 6.20 Å². The van der Waals surface area contributed by atoms with E-state index < -0.39 is 0 Å². The van der Waals surface area contributed by atoms with Crippen LogP contribution in [-0.2, 0) is 6.42 Å². The summed E-state index contributed by atoms with van der Waals surface area (Å²) in [5.74, 6) is -0.136. The van der Waals surface area contributed by atoms with Crippen molar-refractivity contribution in [1.82, 2.24) is 4.98 Å². The summed E-state index contributed by atoms with van der Waals surface area (Å²) in [5, 5.41) is 3.02. The molecule has 0 saturated heterocycles. The second-order valence-electron chi connectivity index (χ2n) is 7.02. The zero-order valence-electron chi connectivity index (χ0n) is 15.7. The van der Waals surface area contributed by atoms with E-state index in [0.29, 0.717) is 5.56 Å². The number of benzene rings is 2. The Morgan fingerprint density at radius 1 is 1.07 bits per heavy atom. The number of anilines is 3. The Morgan fingerprint density at radius 2 is 1.93 bits per heavy atom. The highest BCUT2D eigenvalue weighted by Gasteiger charge is 2.19. The van der Waals surface area contributed by atoms with Crippen LogP contribution in [0.3, 0.4) is 0 Å². The average molecular weight is 357 g/mol. The molecule has 27 heavy (non-hydrogen) atoms. The lowest BCUT2D eigenvalue weighted by Gasteiger charge is -2.31. The Morgan fingerprint density at radius 3 is 2.81 bits per heavy atom. The van der Waals surface area contributed by atoms with Crippen LogP contribution in [0.5, 0.6) is 0 Å². The lowest BCUT2D eigenvalue weighted by molar-refractivity contribution is 0.102. The largest absolute Gasteiger partial charge is 0.340 e. The molecule has 0 aliphatic carbocycles. The third kappa shape index (κ3) is 3.43. The molecule has 0 fully saturated rings. The number of aromatic nitrogens is 1. The van der Waals surface area contributed by atoms with Gasteiger partial charge >= 0.3 is 0 Å². The number of hydrogen-bond acceptors (Lipinski definition) is 3. The van der Waals surface area contributed by atoms with E-state index in [-0.39, 0.29) is 5.91 Å². The second-order valence-corrected chi connectivity index (χ2v) is 7.02. The van der Waals surface area contributed by atoms with E-state index >= 15 is 0 Å². The molecule has 4 heteroatoms. The van der Waals surface area contributed by atoms with Gasteiger partial charge in [0, 0.05) is 24.1 Å². The Bertz CT molecular complexity index is 996. The van der Waals surface area contributed by atoms with Crippen LogP contribution in [-0.4, -0.2) is 17.4 Å². The number of carbonyl (C=O) groups excluding carboxylic acids is 1. The maximum Gasteiger partial charge on any atom is 0.257 e. The molecule has 0 radical (unpaired) electrons. The number of hydrogen-bond donors (Lipinski definition) is 1. The van der Waals surface area contributed by atoms with Gasteiger partial charge in [0.15, 0.2) is 0 Å². The van der Waals surface area contributed by atoms with Crippen molar-refractivity contribution < 1.29 is 4.79 Å². The molecule has 1 N–H and O–H groups in total. The first kappa shape index (κ1) is 17.3. The van der Waals surface area contributed by atoms with Gasteiger partial charge in [-0.2, -0.15) is 0 Å². The van der Waals surface area contributed by atoms with Crippen molar-refractivity contribution in [2.45, 2.75) is 26.7 Å². The average Bonchev–Trinajstić information content (AvgIpc) is 2.71. The van der Waals surface area contributed by atoms with Crippen molar-refractivity contribution >= 4 is 23.0 Å². The maximum absolute atomic E-state index is 12.8. The number of nitrogens with one attached hydrogen (secondary N) is 1. The summed E-state index contributed by atoms with van der Waals surface area (Å²) in [7, 11) is 0. The number of aryl methyl sites for hydroxylation is 2. The molecular weight excluding hydrogens is 334 g/mol. The van der Waals surface area contributed by atoms with E-state index in [1.807, 2.05) is 44.3 Å². The molecule has 2 heterocycles. The SMILES string of the molecule is Cc1cccc(NC(=O)c2cncc(N3CCCc4ccccc43)c2)c1C. The summed E-state index contributed by atoms with van der Waals surface area (Å²) in [4.78, 5) is 19.4. The summed E-state index contributed by atoms with van der Waals surface area (Å²) in [5.41, 5.74) is 7.15. The summed E-state index contributed by atoms with van der Waals surface area (Å²) < 4.78 is 0. The first-order chi connectivity index (χ1) is 13.1. The highest BCUT2D eigenvalue weighted by molar-refractivity contribution is 6.05. The van der Waals surface area contributed by atoms with Crippen molar-refractivity contribution in [2.24, 2.45) is 0 Å². The van der Waals surface area contributed by atoms with Crippen LogP contribution in [0, 0.1) is 13.8 Å². The molecule has 0 bridgehead atoms. The minimum atomic E-state index is -0.136. The number of carbonyl (C=O) groups is 1. The molecule has 0 spiro atoms. The monoisotopic (exact) mass is 357 g/mol. The van der Waals surface area contributed by atoms with E-state index in [9.17, 15) is 4.79 Å². The van der Waals surface area contributed by atoms with Gasteiger partial charge < -0.3 is 10.2 Å². The zero-order valence-corrected chi connectivity index (χ0v) is 15.7. The molecule has 1 amide bonds. The van der Waals surface area contributed by atoms with E-state index in [2.05, 4.69) is 39.5 Å². The van der Waals surface area contributed by atoms with Gasteiger partial charge in [0.25, 0.3) is 5.91 Å². The molecule has 1 aliphatic heterocycles. The van der Waals surface area contributed by atoms with Crippen molar-refractivity contribution in [3.05, 3.63) is 83.2 Å². The van der Waals surface area contributed by atoms with E-state index in [0.717, 1.165) is 41.9 Å². The number of para-hydroxylation sites is 1. The van der Waals surface area contributed by atoms with E-state index in [4.69, 9.17) is 0 Å². The minimum Gasteiger partial charge on any atom is -0.340 e. The van der Waals surface area contributed by atoms with Gasteiger partial charge in [0.2, 0.25) is 0 Å². The quantitative estimate of drug-likeness (QED) is 0.715. The Balaban J connectivity index is 1.62. The van der Waals surface area contributed by atoms with Crippen molar-refractivity contribution in [3.63, 3.8) is 0 Å². The third-order valence-electron chi connectivity index (χ3n) is 5.26. The predicted octanol–water partition coefficient (Wildman–Crippen LogP) is 5.04. The van der Waals surface area contributed by atoms with Gasteiger partial charge in [-0.15, -0.1) is 0 Å². The number of pyridine rings is 1. The molecule has 2 aromatic carbocycles. The summed E-state index contributed by atoms with van der Waals surface area (Å²) in [6.45, 7) is 4.99.